The minimum absolute atomic E-state index is 0.0504. The second-order valence-electron chi connectivity index (χ2n) is 6.88. The first-order valence-electron chi connectivity index (χ1n) is 9.19. The molecule has 0 unspecified atom stereocenters. The topological polar surface area (TPSA) is 74.8 Å². The van der Waals surface area contributed by atoms with Crippen LogP contribution in [0.2, 0.25) is 0 Å². The van der Waals surface area contributed by atoms with Crippen molar-refractivity contribution in [3.05, 3.63) is 71.2 Å². The maximum atomic E-state index is 13.2. The van der Waals surface area contributed by atoms with E-state index in [9.17, 15) is 9.59 Å². The minimum Gasteiger partial charge on any atom is -0.497 e. The number of hydrogen-bond donors (Lipinski definition) is 1. The summed E-state index contributed by atoms with van der Waals surface area (Å²) in [5.74, 6) is 0.635. The number of benzene rings is 1. The molecule has 7 nitrogen and oxygen atoms in total. The summed E-state index contributed by atoms with van der Waals surface area (Å²) in [6.45, 7) is 0.973. The van der Waals surface area contributed by atoms with Gasteiger partial charge in [-0.05, 0) is 29.8 Å². The fourth-order valence-corrected chi connectivity index (χ4v) is 3.67. The Morgan fingerprint density at radius 1 is 1.21 bits per heavy atom. The van der Waals surface area contributed by atoms with Gasteiger partial charge in [-0.3, -0.25) is 14.7 Å². The second kappa shape index (κ2) is 7.34. The monoisotopic (exact) mass is 378 g/mol. The number of nitrogens with one attached hydrogen (secondary N) is 1. The maximum Gasteiger partial charge on any atom is 0.322 e. The highest BCUT2D eigenvalue weighted by Gasteiger charge is 2.42. The third-order valence-electron chi connectivity index (χ3n) is 5.23. The number of pyridine rings is 1. The van der Waals surface area contributed by atoms with Gasteiger partial charge in [0.2, 0.25) is 0 Å². The van der Waals surface area contributed by atoms with Crippen LogP contribution < -0.4 is 10.1 Å². The summed E-state index contributed by atoms with van der Waals surface area (Å²) >= 11 is 0. The molecule has 4 rings (SSSR count). The first-order chi connectivity index (χ1) is 13.6. The highest BCUT2D eigenvalue weighted by Crippen LogP contribution is 2.36. The van der Waals surface area contributed by atoms with E-state index in [1.54, 1.807) is 25.3 Å². The van der Waals surface area contributed by atoms with Crippen molar-refractivity contribution in [2.45, 2.75) is 12.5 Å². The van der Waals surface area contributed by atoms with E-state index >= 15 is 0 Å². The van der Waals surface area contributed by atoms with Gasteiger partial charge in [0.1, 0.15) is 5.75 Å². The van der Waals surface area contributed by atoms with E-state index in [1.165, 1.54) is 4.90 Å². The van der Waals surface area contributed by atoms with Crippen LogP contribution in [0.5, 0.6) is 5.75 Å². The summed E-state index contributed by atoms with van der Waals surface area (Å²) in [7, 11) is 3.29. The van der Waals surface area contributed by atoms with Gasteiger partial charge in [0, 0.05) is 31.9 Å². The standard InChI is InChI=1S/C21H22N4O3/c1-24-17-13-25(11-9-15-7-3-4-10-22-15)20(26)18(17)19(23-21(24)27)14-6-5-8-16(12-14)28-2/h3-8,10,12,19H,9,11,13H2,1-2H3,(H,23,27)/t19-/m0/s1. The van der Waals surface area contributed by atoms with Crippen molar-refractivity contribution in [2.24, 2.45) is 0 Å². The van der Waals surface area contributed by atoms with E-state index in [0.717, 1.165) is 17.0 Å². The molecule has 1 aromatic carbocycles. The molecule has 2 aliphatic heterocycles. The molecule has 0 fully saturated rings. The third-order valence-corrected chi connectivity index (χ3v) is 5.23. The Hall–Kier alpha value is -3.35. The Morgan fingerprint density at radius 2 is 2.07 bits per heavy atom. The van der Waals surface area contributed by atoms with Gasteiger partial charge in [0.05, 0.1) is 31.0 Å². The van der Waals surface area contributed by atoms with Gasteiger partial charge >= 0.3 is 6.03 Å². The van der Waals surface area contributed by atoms with E-state index in [1.807, 2.05) is 42.5 Å². The van der Waals surface area contributed by atoms with Crippen LogP contribution in [0, 0.1) is 0 Å². The molecule has 0 saturated heterocycles. The van der Waals surface area contributed by atoms with E-state index < -0.39 is 6.04 Å². The zero-order valence-corrected chi connectivity index (χ0v) is 15.9. The largest absolute Gasteiger partial charge is 0.497 e. The maximum absolute atomic E-state index is 13.2. The van der Waals surface area contributed by atoms with Crippen molar-refractivity contribution in [1.29, 1.82) is 0 Å². The van der Waals surface area contributed by atoms with Gasteiger partial charge in [-0.25, -0.2) is 4.79 Å². The summed E-state index contributed by atoms with van der Waals surface area (Å²) in [6.07, 6.45) is 2.42. The summed E-state index contributed by atoms with van der Waals surface area (Å²) in [6, 6.07) is 12.5. The third kappa shape index (κ3) is 3.19. The molecule has 3 heterocycles. The second-order valence-corrected chi connectivity index (χ2v) is 6.88. The van der Waals surface area contributed by atoms with Crippen molar-refractivity contribution in [1.82, 2.24) is 20.1 Å². The molecule has 0 saturated carbocycles. The average Bonchev–Trinajstić information content (AvgIpc) is 3.06. The molecule has 0 spiro atoms. The fraction of sp³-hybridized carbons (Fsp3) is 0.286. The Labute approximate surface area is 163 Å². The van der Waals surface area contributed by atoms with Crippen LogP contribution in [0.25, 0.3) is 0 Å². The molecule has 1 atom stereocenters. The smallest absolute Gasteiger partial charge is 0.322 e. The number of urea groups is 1. The van der Waals surface area contributed by atoms with Crippen LogP contribution in [-0.2, 0) is 11.2 Å². The molecule has 0 bridgehead atoms. The Morgan fingerprint density at radius 3 is 2.82 bits per heavy atom. The van der Waals surface area contributed by atoms with Crippen molar-refractivity contribution >= 4 is 11.9 Å². The number of nitrogens with zero attached hydrogens (tertiary/aromatic N) is 3. The number of rotatable bonds is 5. The van der Waals surface area contributed by atoms with Gasteiger partial charge in [-0.15, -0.1) is 0 Å². The number of carbonyl (C=O) groups excluding carboxylic acids is 2. The predicted molar refractivity (Wildman–Crippen MR) is 104 cm³/mol. The lowest BCUT2D eigenvalue weighted by atomic mass is 9.95. The lowest BCUT2D eigenvalue weighted by Gasteiger charge is -2.31. The summed E-state index contributed by atoms with van der Waals surface area (Å²) in [5, 5.41) is 2.94. The fourth-order valence-electron chi connectivity index (χ4n) is 3.67. The lowest BCUT2D eigenvalue weighted by Crippen LogP contribution is -2.45. The minimum atomic E-state index is -0.485. The normalized spacial score (nSPS) is 19.0. The molecular weight excluding hydrogens is 356 g/mol. The Kier molecular flexibility index (Phi) is 4.73. The molecule has 0 aliphatic carbocycles. The van der Waals surface area contributed by atoms with Crippen molar-refractivity contribution < 1.29 is 14.3 Å². The van der Waals surface area contributed by atoms with Crippen LogP contribution in [0.4, 0.5) is 4.79 Å². The molecule has 1 N–H and O–H groups in total. The molecule has 3 amide bonds. The number of aromatic nitrogens is 1. The number of likely N-dealkylation sites (N-methyl/N-ethyl adjacent to an activating group) is 1. The summed E-state index contributed by atoms with van der Waals surface area (Å²) in [4.78, 5) is 33.3. The molecule has 28 heavy (non-hydrogen) atoms. The predicted octanol–water partition coefficient (Wildman–Crippen LogP) is 2.13. The van der Waals surface area contributed by atoms with Crippen molar-refractivity contribution in [3.63, 3.8) is 0 Å². The van der Waals surface area contributed by atoms with Gasteiger partial charge in [-0.1, -0.05) is 18.2 Å². The zero-order chi connectivity index (χ0) is 19.7. The molecule has 2 aromatic rings. The highest BCUT2D eigenvalue weighted by molar-refractivity contribution is 6.01. The van der Waals surface area contributed by atoms with E-state index in [-0.39, 0.29) is 11.9 Å². The van der Waals surface area contributed by atoms with E-state index in [0.29, 0.717) is 30.8 Å². The van der Waals surface area contributed by atoms with Gasteiger partial charge in [0.25, 0.3) is 5.91 Å². The summed E-state index contributed by atoms with van der Waals surface area (Å²) in [5.41, 5.74) is 3.14. The van der Waals surface area contributed by atoms with Crippen LogP contribution in [0.1, 0.15) is 17.3 Å². The number of ether oxygens (including phenoxy) is 1. The first-order valence-corrected chi connectivity index (χ1v) is 9.19. The lowest BCUT2D eigenvalue weighted by molar-refractivity contribution is -0.125. The SMILES string of the molecule is COc1cccc([C@@H]2NC(=O)N(C)C3=C2C(=O)N(CCc2ccccn2)C3)c1. The summed E-state index contributed by atoms with van der Waals surface area (Å²) < 4.78 is 5.30. The average molecular weight is 378 g/mol. The first kappa shape index (κ1) is 18.0. The van der Waals surface area contributed by atoms with Gasteiger partial charge in [-0.2, -0.15) is 0 Å². The van der Waals surface area contributed by atoms with E-state index in [2.05, 4.69) is 10.3 Å². The van der Waals surface area contributed by atoms with Crippen LogP contribution in [0.3, 0.4) is 0 Å². The number of carbonyl (C=O) groups is 2. The Balaban J connectivity index is 1.60. The molecule has 1 aromatic heterocycles. The molecule has 0 radical (unpaired) electrons. The molecular formula is C21H22N4O3. The van der Waals surface area contributed by atoms with Crippen molar-refractivity contribution in [2.75, 3.05) is 27.2 Å². The number of hydrogen-bond acceptors (Lipinski definition) is 4. The zero-order valence-electron chi connectivity index (χ0n) is 15.9. The highest BCUT2D eigenvalue weighted by atomic mass is 16.5. The quantitative estimate of drug-likeness (QED) is 0.865. The molecule has 2 aliphatic rings. The van der Waals surface area contributed by atoms with Crippen molar-refractivity contribution in [3.8, 4) is 5.75 Å². The van der Waals surface area contributed by atoms with Crippen LogP contribution in [-0.4, -0.2) is 54.0 Å². The van der Waals surface area contributed by atoms with Gasteiger partial charge in [0.15, 0.2) is 0 Å². The van der Waals surface area contributed by atoms with E-state index in [4.69, 9.17) is 4.74 Å². The number of amides is 3. The van der Waals surface area contributed by atoms with Crippen LogP contribution >= 0.6 is 0 Å². The molecule has 144 valence electrons. The molecule has 7 heteroatoms. The van der Waals surface area contributed by atoms with Gasteiger partial charge < -0.3 is 15.0 Å². The Bertz CT molecular complexity index is 942. The number of methoxy groups -OCH3 is 1. The van der Waals surface area contributed by atoms with Crippen LogP contribution in [0.15, 0.2) is 59.9 Å².